The van der Waals surface area contributed by atoms with Crippen LogP contribution >= 0.6 is 0 Å². The van der Waals surface area contributed by atoms with Gasteiger partial charge >= 0.3 is 5.97 Å². The van der Waals surface area contributed by atoms with Crippen LogP contribution in [0.4, 0.5) is 5.82 Å². The second kappa shape index (κ2) is 6.36. The Balaban J connectivity index is 2.13. The standard InChI is InChI=1S/C16H21N5O2/c1-4-6-11-13(16(22)23-5-2)12(15-17-7-8-21(15)3)10-9-18-20-14(10)19-11/h7-9,12-13H,4-6H2,1-3H3,(H,18,20). The van der Waals surface area contributed by atoms with Gasteiger partial charge in [0, 0.05) is 30.7 Å². The number of hydrogen-bond acceptors (Lipinski definition) is 5. The van der Waals surface area contributed by atoms with E-state index in [0.717, 1.165) is 29.9 Å². The van der Waals surface area contributed by atoms with Crippen LogP contribution in [0.2, 0.25) is 0 Å². The number of H-pyrrole nitrogens is 1. The summed E-state index contributed by atoms with van der Waals surface area (Å²) in [4.78, 5) is 21.8. The van der Waals surface area contributed by atoms with Crippen LogP contribution in [-0.4, -0.2) is 38.0 Å². The van der Waals surface area contributed by atoms with Crippen LogP contribution in [0.3, 0.4) is 0 Å². The molecule has 2 atom stereocenters. The number of nitrogens with one attached hydrogen (secondary N) is 1. The molecule has 0 bridgehead atoms. The molecule has 1 N–H and O–H groups in total. The van der Waals surface area contributed by atoms with Gasteiger partial charge in [0.05, 0.1) is 18.7 Å². The van der Waals surface area contributed by atoms with Crippen molar-refractivity contribution in [3.63, 3.8) is 0 Å². The number of aromatic amines is 1. The van der Waals surface area contributed by atoms with Crippen LogP contribution in [0.5, 0.6) is 0 Å². The van der Waals surface area contributed by atoms with Crippen LogP contribution in [0.1, 0.15) is 44.0 Å². The van der Waals surface area contributed by atoms with E-state index in [1.54, 1.807) is 12.4 Å². The highest BCUT2D eigenvalue weighted by atomic mass is 16.5. The first-order valence-corrected chi connectivity index (χ1v) is 7.91. The minimum Gasteiger partial charge on any atom is -0.465 e. The van der Waals surface area contributed by atoms with E-state index in [0.29, 0.717) is 12.4 Å². The molecular weight excluding hydrogens is 294 g/mol. The number of carbonyl (C=O) groups is 1. The summed E-state index contributed by atoms with van der Waals surface area (Å²) in [5.41, 5.74) is 1.72. The highest BCUT2D eigenvalue weighted by molar-refractivity contribution is 6.05. The highest BCUT2D eigenvalue weighted by Gasteiger charge is 2.42. The van der Waals surface area contributed by atoms with Crippen LogP contribution in [0, 0.1) is 5.92 Å². The predicted molar refractivity (Wildman–Crippen MR) is 85.8 cm³/mol. The highest BCUT2D eigenvalue weighted by Crippen LogP contribution is 2.41. The van der Waals surface area contributed by atoms with Crippen molar-refractivity contribution in [3.8, 4) is 0 Å². The summed E-state index contributed by atoms with van der Waals surface area (Å²) in [6.45, 7) is 4.24. The zero-order chi connectivity index (χ0) is 16.4. The molecule has 0 aromatic carbocycles. The van der Waals surface area contributed by atoms with E-state index >= 15 is 0 Å². The number of imidazole rings is 1. The number of aryl methyl sites for hydroxylation is 1. The topological polar surface area (TPSA) is 85.2 Å². The van der Waals surface area contributed by atoms with E-state index in [1.807, 2.05) is 24.7 Å². The van der Waals surface area contributed by atoms with Gasteiger partial charge in [-0.3, -0.25) is 9.89 Å². The lowest BCUT2D eigenvalue weighted by atomic mass is 9.79. The molecule has 0 amide bonds. The number of carbonyl (C=O) groups excluding carboxylic acids is 1. The number of esters is 1. The molecule has 7 nitrogen and oxygen atoms in total. The molecule has 0 saturated heterocycles. The fourth-order valence-corrected chi connectivity index (χ4v) is 3.13. The van der Waals surface area contributed by atoms with Crippen LogP contribution in [0.15, 0.2) is 23.6 Å². The number of rotatable bonds is 5. The minimum atomic E-state index is -0.457. The van der Waals surface area contributed by atoms with Crippen molar-refractivity contribution in [2.75, 3.05) is 6.61 Å². The van der Waals surface area contributed by atoms with Gasteiger partial charge in [-0.25, -0.2) is 9.98 Å². The van der Waals surface area contributed by atoms with Crippen LogP contribution in [-0.2, 0) is 16.6 Å². The summed E-state index contributed by atoms with van der Waals surface area (Å²) < 4.78 is 7.26. The van der Waals surface area contributed by atoms with Crippen molar-refractivity contribution in [1.29, 1.82) is 0 Å². The average Bonchev–Trinajstić information content (AvgIpc) is 3.15. The van der Waals surface area contributed by atoms with Gasteiger partial charge in [-0.2, -0.15) is 5.10 Å². The molecular formula is C16H21N5O2. The van der Waals surface area contributed by atoms with E-state index in [-0.39, 0.29) is 11.9 Å². The monoisotopic (exact) mass is 315 g/mol. The summed E-state index contributed by atoms with van der Waals surface area (Å²) in [6.07, 6.45) is 6.99. The SMILES string of the molecule is CCCC1=Nc2[nH]ncc2C(c2nccn2C)C1C(=O)OCC. The summed E-state index contributed by atoms with van der Waals surface area (Å²) >= 11 is 0. The Morgan fingerprint density at radius 2 is 2.26 bits per heavy atom. The molecule has 7 heteroatoms. The number of aromatic nitrogens is 4. The smallest absolute Gasteiger partial charge is 0.315 e. The van der Waals surface area contributed by atoms with Gasteiger partial charge in [0.1, 0.15) is 11.7 Å². The quantitative estimate of drug-likeness (QED) is 0.858. The molecule has 0 saturated carbocycles. The molecule has 3 heterocycles. The molecule has 2 aromatic heterocycles. The summed E-state index contributed by atoms with van der Waals surface area (Å²) in [5, 5.41) is 7.03. The van der Waals surface area contributed by atoms with Crippen molar-refractivity contribution in [3.05, 3.63) is 30.0 Å². The Labute approximate surface area is 134 Å². The Hall–Kier alpha value is -2.44. The molecule has 122 valence electrons. The summed E-state index contributed by atoms with van der Waals surface area (Å²) in [6, 6.07) is 0. The Morgan fingerprint density at radius 1 is 1.43 bits per heavy atom. The van der Waals surface area contributed by atoms with Gasteiger partial charge in [0.2, 0.25) is 0 Å². The van der Waals surface area contributed by atoms with Gasteiger partial charge in [0.15, 0.2) is 5.82 Å². The molecule has 0 fully saturated rings. The largest absolute Gasteiger partial charge is 0.465 e. The lowest BCUT2D eigenvalue weighted by Crippen LogP contribution is -2.35. The van der Waals surface area contributed by atoms with Crippen molar-refractivity contribution >= 4 is 17.5 Å². The van der Waals surface area contributed by atoms with E-state index in [4.69, 9.17) is 4.74 Å². The number of hydrogen-bond donors (Lipinski definition) is 1. The lowest BCUT2D eigenvalue weighted by Gasteiger charge is -2.29. The second-order valence-corrected chi connectivity index (χ2v) is 5.63. The number of ether oxygens (including phenoxy) is 1. The minimum absolute atomic E-state index is 0.234. The first kappa shape index (κ1) is 15.5. The normalized spacial score (nSPS) is 20.0. The zero-order valence-electron chi connectivity index (χ0n) is 13.6. The third kappa shape index (κ3) is 2.67. The molecule has 0 radical (unpaired) electrons. The first-order valence-electron chi connectivity index (χ1n) is 7.91. The maximum absolute atomic E-state index is 12.7. The fraction of sp³-hybridized carbons (Fsp3) is 0.500. The van der Waals surface area contributed by atoms with E-state index < -0.39 is 5.92 Å². The van der Waals surface area contributed by atoms with Crippen molar-refractivity contribution in [2.45, 2.75) is 32.6 Å². The van der Waals surface area contributed by atoms with Gasteiger partial charge in [-0.1, -0.05) is 13.3 Å². The zero-order valence-corrected chi connectivity index (χ0v) is 13.6. The van der Waals surface area contributed by atoms with Gasteiger partial charge in [-0.05, 0) is 13.3 Å². The molecule has 0 aliphatic carbocycles. The maximum atomic E-state index is 12.7. The van der Waals surface area contributed by atoms with E-state index in [2.05, 4.69) is 27.1 Å². The van der Waals surface area contributed by atoms with Gasteiger partial charge < -0.3 is 9.30 Å². The second-order valence-electron chi connectivity index (χ2n) is 5.63. The molecule has 3 rings (SSSR count). The Bertz CT molecular complexity index is 730. The lowest BCUT2D eigenvalue weighted by molar-refractivity contribution is -0.146. The molecule has 1 aliphatic rings. The molecule has 2 unspecified atom stereocenters. The average molecular weight is 315 g/mol. The van der Waals surface area contributed by atoms with Crippen molar-refractivity contribution < 1.29 is 9.53 Å². The summed E-state index contributed by atoms with van der Waals surface area (Å²) in [7, 11) is 1.93. The molecule has 2 aromatic rings. The third-order valence-electron chi connectivity index (χ3n) is 4.11. The molecule has 1 aliphatic heterocycles. The predicted octanol–water partition coefficient (Wildman–Crippen LogP) is 2.34. The third-order valence-corrected chi connectivity index (χ3v) is 4.11. The van der Waals surface area contributed by atoms with E-state index in [9.17, 15) is 4.79 Å². The number of nitrogens with zero attached hydrogens (tertiary/aromatic N) is 4. The fourth-order valence-electron chi connectivity index (χ4n) is 3.13. The Morgan fingerprint density at radius 3 is 2.91 bits per heavy atom. The number of fused-ring (bicyclic) bond motifs is 1. The maximum Gasteiger partial charge on any atom is 0.315 e. The molecule has 0 spiro atoms. The summed E-state index contributed by atoms with van der Waals surface area (Å²) in [5.74, 6) is 0.582. The van der Waals surface area contributed by atoms with Crippen LogP contribution < -0.4 is 0 Å². The van der Waals surface area contributed by atoms with Gasteiger partial charge in [-0.15, -0.1) is 0 Å². The van der Waals surface area contributed by atoms with Crippen molar-refractivity contribution in [1.82, 2.24) is 19.7 Å². The Kier molecular flexibility index (Phi) is 4.27. The molecule has 23 heavy (non-hydrogen) atoms. The van der Waals surface area contributed by atoms with Crippen molar-refractivity contribution in [2.24, 2.45) is 18.0 Å². The van der Waals surface area contributed by atoms with Gasteiger partial charge in [0.25, 0.3) is 0 Å². The number of aliphatic imine (C=N–C) groups is 1. The first-order chi connectivity index (χ1) is 11.2. The van der Waals surface area contributed by atoms with Crippen LogP contribution in [0.25, 0.3) is 0 Å². The van der Waals surface area contributed by atoms with E-state index in [1.165, 1.54) is 0 Å².